The normalized spacial score (nSPS) is 13.1. The maximum atomic E-state index is 12.4. The molecule has 0 aliphatic rings. The number of nitrogens with one attached hydrogen (secondary N) is 1. The molecular weight excluding hydrogens is 282 g/mol. The molecule has 22 heavy (non-hydrogen) atoms. The zero-order valence-electron chi connectivity index (χ0n) is 13.1. The molecule has 0 bridgehead atoms. The Morgan fingerprint density at radius 1 is 1.32 bits per heavy atom. The van der Waals surface area contributed by atoms with Gasteiger partial charge in [-0.3, -0.25) is 4.79 Å². The number of carbonyl (C=O) groups is 1. The number of benzene rings is 1. The molecule has 2 aromatic rings. The van der Waals surface area contributed by atoms with E-state index in [4.69, 9.17) is 9.52 Å². The van der Waals surface area contributed by atoms with Crippen molar-refractivity contribution < 1.29 is 14.3 Å². The highest BCUT2D eigenvalue weighted by Gasteiger charge is 2.27. The van der Waals surface area contributed by atoms with E-state index in [-0.39, 0.29) is 23.6 Å². The highest BCUT2D eigenvalue weighted by Crippen LogP contribution is 2.22. The van der Waals surface area contributed by atoms with E-state index < -0.39 is 11.5 Å². The van der Waals surface area contributed by atoms with Gasteiger partial charge in [0.05, 0.1) is 0 Å². The van der Waals surface area contributed by atoms with Crippen LogP contribution in [0.1, 0.15) is 37.6 Å². The Hall–Kier alpha value is -2.14. The van der Waals surface area contributed by atoms with Gasteiger partial charge in [0.1, 0.15) is 11.1 Å². The van der Waals surface area contributed by atoms with Gasteiger partial charge in [0.2, 0.25) is 0 Å². The molecule has 118 valence electrons. The van der Waals surface area contributed by atoms with E-state index >= 15 is 0 Å². The minimum Gasteiger partial charge on any atom is -0.422 e. The lowest BCUT2D eigenvalue weighted by Crippen LogP contribution is -2.45. The van der Waals surface area contributed by atoms with Crippen molar-refractivity contribution in [2.24, 2.45) is 5.41 Å². The van der Waals surface area contributed by atoms with Crippen LogP contribution in [0.5, 0.6) is 0 Å². The summed E-state index contributed by atoms with van der Waals surface area (Å²) in [5.41, 5.74) is -0.458. The molecule has 5 heteroatoms. The number of hydrogen-bond acceptors (Lipinski definition) is 4. The zero-order valence-corrected chi connectivity index (χ0v) is 13.1. The van der Waals surface area contributed by atoms with Crippen LogP contribution in [0.2, 0.25) is 0 Å². The molecule has 5 nitrogen and oxygen atoms in total. The molecule has 0 radical (unpaired) electrons. The molecule has 1 aromatic heterocycles. The van der Waals surface area contributed by atoms with Crippen LogP contribution >= 0.6 is 0 Å². The molecule has 1 aromatic carbocycles. The highest BCUT2D eigenvalue weighted by molar-refractivity contribution is 5.96. The number of carbonyl (C=O) groups excluding carboxylic acids is 1. The second-order valence-electron chi connectivity index (χ2n) is 6.39. The fourth-order valence-electron chi connectivity index (χ4n) is 2.31. The summed E-state index contributed by atoms with van der Waals surface area (Å²) in [7, 11) is 0. The number of aliphatic hydroxyl groups excluding tert-OH is 1. The van der Waals surface area contributed by atoms with E-state index in [1.54, 1.807) is 18.2 Å². The van der Waals surface area contributed by atoms with E-state index in [0.717, 1.165) is 0 Å². The Morgan fingerprint density at radius 3 is 2.64 bits per heavy atom. The topological polar surface area (TPSA) is 79.5 Å². The molecule has 0 aliphatic heterocycles. The predicted molar refractivity (Wildman–Crippen MR) is 84.9 cm³/mol. The lowest BCUT2D eigenvalue weighted by Gasteiger charge is -2.31. The van der Waals surface area contributed by atoms with Gasteiger partial charge in [-0.15, -0.1) is 0 Å². The van der Waals surface area contributed by atoms with Gasteiger partial charge in [-0.25, -0.2) is 4.79 Å². The van der Waals surface area contributed by atoms with Crippen LogP contribution in [-0.2, 0) is 0 Å². The summed E-state index contributed by atoms with van der Waals surface area (Å²) in [6, 6.07) is 8.34. The summed E-state index contributed by atoms with van der Waals surface area (Å²) >= 11 is 0. The van der Waals surface area contributed by atoms with Crippen LogP contribution in [0, 0.1) is 5.41 Å². The fourth-order valence-corrected chi connectivity index (χ4v) is 2.31. The molecule has 1 amide bonds. The van der Waals surface area contributed by atoms with Crippen molar-refractivity contribution in [2.75, 3.05) is 6.61 Å². The Bertz CT molecular complexity index is 727. The molecule has 1 atom stereocenters. The number of aliphatic hydroxyl groups is 1. The summed E-state index contributed by atoms with van der Waals surface area (Å²) in [5, 5.41) is 12.7. The van der Waals surface area contributed by atoms with Gasteiger partial charge in [0, 0.05) is 18.0 Å². The van der Waals surface area contributed by atoms with Crippen LogP contribution in [0.3, 0.4) is 0 Å². The van der Waals surface area contributed by atoms with Gasteiger partial charge < -0.3 is 14.8 Å². The lowest BCUT2D eigenvalue weighted by molar-refractivity contribution is 0.0881. The molecule has 2 N–H and O–H groups in total. The average molecular weight is 303 g/mol. The van der Waals surface area contributed by atoms with Crippen LogP contribution in [0.4, 0.5) is 0 Å². The third kappa shape index (κ3) is 3.54. The van der Waals surface area contributed by atoms with Crippen molar-refractivity contribution in [3.05, 3.63) is 46.3 Å². The fraction of sp³-hybridized carbons (Fsp3) is 0.412. The third-order valence-electron chi connectivity index (χ3n) is 3.65. The standard InChI is InChI=1S/C17H21NO4/c1-17(2,3)14(8-9-19)18-15(20)12-10-11-6-4-5-7-13(11)22-16(12)21/h4-7,10,14,19H,8-9H2,1-3H3,(H,18,20). The van der Waals surface area contributed by atoms with Crippen molar-refractivity contribution in [3.63, 3.8) is 0 Å². The molecule has 0 saturated carbocycles. The second kappa shape index (κ2) is 6.32. The Morgan fingerprint density at radius 2 is 2.00 bits per heavy atom. The van der Waals surface area contributed by atoms with Crippen LogP contribution < -0.4 is 10.9 Å². The minimum absolute atomic E-state index is 0.0223. The Kier molecular flexibility index (Phi) is 4.66. The summed E-state index contributed by atoms with van der Waals surface area (Å²) in [4.78, 5) is 24.4. The maximum Gasteiger partial charge on any atom is 0.349 e. The molecule has 0 saturated heterocycles. The van der Waals surface area contributed by atoms with Gasteiger partial charge >= 0.3 is 5.63 Å². The maximum absolute atomic E-state index is 12.4. The molecule has 1 unspecified atom stereocenters. The van der Waals surface area contributed by atoms with Gasteiger partial charge in [-0.05, 0) is 24.0 Å². The van der Waals surface area contributed by atoms with Gasteiger partial charge in [-0.1, -0.05) is 39.0 Å². The largest absolute Gasteiger partial charge is 0.422 e. The number of hydrogen-bond donors (Lipinski definition) is 2. The summed E-state index contributed by atoms with van der Waals surface area (Å²) in [6.45, 7) is 5.87. The number of para-hydroxylation sites is 1. The first kappa shape index (κ1) is 16.2. The van der Waals surface area contributed by atoms with E-state index in [1.807, 2.05) is 26.8 Å². The van der Waals surface area contributed by atoms with E-state index in [0.29, 0.717) is 17.4 Å². The Labute approximate surface area is 129 Å². The zero-order chi connectivity index (χ0) is 16.3. The minimum atomic E-state index is -0.659. The van der Waals surface area contributed by atoms with Crippen LogP contribution in [0.15, 0.2) is 39.5 Å². The van der Waals surface area contributed by atoms with Gasteiger partial charge in [0.15, 0.2) is 0 Å². The van der Waals surface area contributed by atoms with E-state index in [2.05, 4.69) is 5.32 Å². The van der Waals surface area contributed by atoms with E-state index in [1.165, 1.54) is 6.07 Å². The molecule has 1 heterocycles. The Balaban J connectivity index is 2.32. The monoisotopic (exact) mass is 303 g/mol. The second-order valence-corrected chi connectivity index (χ2v) is 6.39. The number of amides is 1. The summed E-state index contributed by atoms with van der Waals surface area (Å²) < 4.78 is 5.18. The molecule has 0 spiro atoms. The lowest BCUT2D eigenvalue weighted by atomic mass is 9.85. The molecule has 0 fully saturated rings. The van der Waals surface area contributed by atoms with Crippen molar-refractivity contribution in [1.82, 2.24) is 5.32 Å². The quantitative estimate of drug-likeness (QED) is 0.850. The SMILES string of the molecule is CC(C)(C)C(CCO)NC(=O)c1cc2ccccc2oc1=O. The van der Waals surface area contributed by atoms with Gasteiger partial charge in [0.25, 0.3) is 5.91 Å². The first-order valence-electron chi connectivity index (χ1n) is 7.27. The molecular formula is C17H21NO4. The molecule has 0 aliphatic carbocycles. The van der Waals surface area contributed by atoms with Crippen molar-refractivity contribution in [2.45, 2.75) is 33.2 Å². The first-order chi connectivity index (χ1) is 10.3. The van der Waals surface area contributed by atoms with Crippen molar-refractivity contribution in [1.29, 1.82) is 0 Å². The summed E-state index contributed by atoms with van der Waals surface area (Å²) in [5.74, 6) is -0.479. The van der Waals surface area contributed by atoms with Crippen molar-refractivity contribution in [3.8, 4) is 0 Å². The van der Waals surface area contributed by atoms with Crippen LogP contribution in [-0.4, -0.2) is 23.7 Å². The highest BCUT2D eigenvalue weighted by atomic mass is 16.4. The van der Waals surface area contributed by atoms with Crippen molar-refractivity contribution >= 4 is 16.9 Å². The predicted octanol–water partition coefficient (Wildman–Crippen LogP) is 2.32. The number of fused-ring (bicyclic) bond motifs is 1. The third-order valence-corrected chi connectivity index (χ3v) is 3.65. The number of rotatable bonds is 4. The van der Waals surface area contributed by atoms with Crippen LogP contribution in [0.25, 0.3) is 11.0 Å². The first-order valence-corrected chi connectivity index (χ1v) is 7.27. The van der Waals surface area contributed by atoms with E-state index in [9.17, 15) is 9.59 Å². The summed E-state index contributed by atoms with van der Waals surface area (Å²) in [6.07, 6.45) is 0.425. The van der Waals surface area contributed by atoms with Gasteiger partial charge in [-0.2, -0.15) is 0 Å². The smallest absolute Gasteiger partial charge is 0.349 e. The average Bonchev–Trinajstić information content (AvgIpc) is 2.45. The molecule has 2 rings (SSSR count).